The lowest BCUT2D eigenvalue weighted by Crippen LogP contribution is -2.13. The number of hydrogen-bond acceptors (Lipinski definition) is 6. The van der Waals surface area contributed by atoms with E-state index < -0.39 is 0 Å². The Bertz CT molecular complexity index is 881. The van der Waals surface area contributed by atoms with E-state index in [0.29, 0.717) is 30.0 Å². The van der Waals surface area contributed by atoms with Crippen LogP contribution in [0.5, 0.6) is 11.5 Å². The second kappa shape index (κ2) is 8.44. The van der Waals surface area contributed by atoms with Crippen LogP contribution in [-0.2, 0) is 11.2 Å². The van der Waals surface area contributed by atoms with Crippen molar-refractivity contribution in [2.75, 3.05) is 19.5 Å². The van der Waals surface area contributed by atoms with Gasteiger partial charge in [-0.2, -0.15) is 0 Å². The summed E-state index contributed by atoms with van der Waals surface area (Å²) in [7, 11) is 3.14. The van der Waals surface area contributed by atoms with Crippen molar-refractivity contribution in [1.29, 1.82) is 0 Å². The summed E-state index contributed by atoms with van der Waals surface area (Å²) in [5, 5.41) is 5.79. The summed E-state index contributed by atoms with van der Waals surface area (Å²) in [4.78, 5) is 20.8. The van der Waals surface area contributed by atoms with Crippen molar-refractivity contribution in [3.63, 3.8) is 0 Å². The third-order valence-corrected chi connectivity index (χ3v) is 4.69. The number of aromatic nitrogens is 2. The predicted molar refractivity (Wildman–Crippen MR) is 102 cm³/mol. The second-order valence-corrected chi connectivity index (χ2v) is 6.42. The number of benzene rings is 1. The van der Waals surface area contributed by atoms with Crippen LogP contribution in [0.4, 0.5) is 5.69 Å². The first kappa shape index (κ1) is 17.9. The minimum atomic E-state index is -0.0888. The Kier molecular flexibility index (Phi) is 5.80. The highest BCUT2D eigenvalue weighted by Gasteiger charge is 2.11. The number of methoxy groups -OCH3 is 2. The number of anilines is 1. The van der Waals surface area contributed by atoms with Gasteiger partial charge in [-0.25, -0.2) is 4.98 Å². The van der Waals surface area contributed by atoms with E-state index in [4.69, 9.17) is 9.47 Å². The van der Waals surface area contributed by atoms with Gasteiger partial charge in [0.1, 0.15) is 11.5 Å². The standard InChI is InChI=1S/C19H19N3O3S/c1-24-14-3-4-15(17(11-14)25-2)21-18(23)5-6-19-22-16(12-26-19)13-7-9-20-10-8-13/h3-4,7-12H,5-6H2,1-2H3,(H,21,23). The third kappa shape index (κ3) is 4.37. The highest BCUT2D eigenvalue weighted by molar-refractivity contribution is 7.09. The number of thiazole rings is 1. The number of ether oxygens (including phenoxy) is 2. The lowest BCUT2D eigenvalue weighted by atomic mass is 10.2. The van der Waals surface area contributed by atoms with E-state index in [1.165, 1.54) is 0 Å². The quantitative estimate of drug-likeness (QED) is 0.686. The molecule has 6 nitrogen and oxygen atoms in total. The Balaban J connectivity index is 1.59. The maximum absolute atomic E-state index is 12.3. The molecule has 0 fully saturated rings. The van der Waals surface area contributed by atoms with E-state index in [0.717, 1.165) is 16.3 Å². The first-order valence-corrected chi connectivity index (χ1v) is 8.94. The Morgan fingerprint density at radius 1 is 1.15 bits per heavy atom. The predicted octanol–water partition coefficient (Wildman–Crippen LogP) is 3.79. The van der Waals surface area contributed by atoms with Crippen molar-refractivity contribution < 1.29 is 14.3 Å². The molecule has 1 aromatic carbocycles. The largest absolute Gasteiger partial charge is 0.497 e. The van der Waals surface area contributed by atoms with Crippen LogP contribution < -0.4 is 14.8 Å². The first-order valence-electron chi connectivity index (χ1n) is 8.06. The van der Waals surface area contributed by atoms with Gasteiger partial charge >= 0.3 is 0 Å². The molecule has 0 aliphatic carbocycles. The molecular weight excluding hydrogens is 350 g/mol. The average molecular weight is 369 g/mol. The molecule has 1 amide bonds. The van der Waals surface area contributed by atoms with E-state index in [1.54, 1.807) is 56.1 Å². The summed E-state index contributed by atoms with van der Waals surface area (Å²) in [5.74, 6) is 1.15. The van der Waals surface area contributed by atoms with Crippen LogP contribution in [0, 0.1) is 0 Å². The summed E-state index contributed by atoms with van der Waals surface area (Å²) in [6.07, 6.45) is 4.41. The van der Waals surface area contributed by atoms with Gasteiger partial charge in [0.25, 0.3) is 0 Å². The SMILES string of the molecule is COc1ccc(NC(=O)CCc2nc(-c3ccncc3)cs2)c(OC)c1. The number of rotatable bonds is 7. The molecule has 0 saturated carbocycles. The van der Waals surface area contributed by atoms with Crippen molar-refractivity contribution >= 4 is 22.9 Å². The third-order valence-electron chi connectivity index (χ3n) is 3.78. The zero-order valence-corrected chi connectivity index (χ0v) is 15.4. The normalized spacial score (nSPS) is 10.4. The number of nitrogens with zero attached hydrogens (tertiary/aromatic N) is 2. The van der Waals surface area contributed by atoms with Crippen LogP contribution in [0.1, 0.15) is 11.4 Å². The number of carbonyl (C=O) groups is 1. The Morgan fingerprint density at radius 2 is 1.96 bits per heavy atom. The van der Waals surface area contributed by atoms with Gasteiger partial charge in [0.2, 0.25) is 5.91 Å². The van der Waals surface area contributed by atoms with Crippen molar-refractivity contribution in [3.8, 4) is 22.8 Å². The number of carbonyl (C=O) groups excluding carboxylic acids is 1. The van der Waals surface area contributed by atoms with Crippen LogP contribution in [0.2, 0.25) is 0 Å². The second-order valence-electron chi connectivity index (χ2n) is 5.48. The van der Waals surface area contributed by atoms with Crippen molar-refractivity contribution in [1.82, 2.24) is 9.97 Å². The first-order chi connectivity index (χ1) is 12.7. The van der Waals surface area contributed by atoms with Crippen LogP contribution in [-0.4, -0.2) is 30.1 Å². The minimum Gasteiger partial charge on any atom is -0.497 e. The van der Waals surface area contributed by atoms with Gasteiger partial charge in [-0.1, -0.05) is 0 Å². The zero-order valence-electron chi connectivity index (χ0n) is 14.6. The number of aryl methyl sites for hydroxylation is 1. The summed E-state index contributed by atoms with van der Waals surface area (Å²) in [6, 6.07) is 9.11. The van der Waals surface area contributed by atoms with E-state index in [1.807, 2.05) is 17.5 Å². The molecule has 1 N–H and O–H groups in total. The number of nitrogens with one attached hydrogen (secondary N) is 1. The maximum Gasteiger partial charge on any atom is 0.224 e. The topological polar surface area (TPSA) is 73.3 Å². The number of amides is 1. The molecule has 0 aliphatic rings. The molecule has 0 unspecified atom stereocenters. The summed E-state index contributed by atoms with van der Waals surface area (Å²) < 4.78 is 10.5. The van der Waals surface area contributed by atoms with Gasteiger partial charge in [0.05, 0.1) is 30.6 Å². The Hall–Kier alpha value is -2.93. The van der Waals surface area contributed by atoms with Crippen LogP contribution in [0.25, 0.3) is 11.3 Å². The monoisotopic (exact) mass is 369 g/mol. The minimum absolute atomic E-state index is 0.0888. The maximum atomic E-state index is 12.3. The summed E-state index contributed by atoms with van der Waals surface area (Å²) in [5.41, 5.74) is 2.55. The Morgan fingerprint density at radius 3 is 2.69 bits per heavy atom. The van der Waals surface area contributed by atoms with Gasteiger partial charge in [-0.3, -0.25) is 9.78 Å². The lowest BCUT2D eigenvalue weighted by molar-refractivity contribution is -0.116. The molecule has 3 aromatic rings. The molecule has 0 saturated heterocycles. The molecule has 3 rings (SSSR count). The van der Waals surface area contributed by atoms with Crippen molar-refractivity contribution in [3.05, 3.63) is 53.1 Å². The molecule has 0 spiro atoms. The Labute approximate surface area is 155 Å². The van der Waals surface area contributed by atoms with E-state index in [2.05, 4.69) is 15.3 Å². The summed E-state index contributed by atoms with van der Waals surface area (Å²) >= 11 is 1.55. The van der Waals surface area contributed by atoms with E-state index >= 15 is 0 Å². The fourth-order valence-electron chi connectivity index (χ4n) is 2.42. The van der Waals surface area contributed by atoms with Crippen molar-refractivity contribution in [2.45, 2.75) is 12.8 Å². The van der Waals surface area contributed by atoms with E-state index in [-0.39, 0.29) is 5.91 Å². The van der Waals surface area contributed by atoms with E-state index in [9.17, 15) is 4.79 Å². The van der Waals surface area contributed by atoms with Gasteiger partial charge in [0, 0.05) is 42.2 Å². The van der Waals surface area contributed by atoms with Crippen molar-refractivity contribution in [2.24, 2.45) is 0 Å². The number of pyridine rings is 1. The molecule has 2 heterocycles. The highest BCUT2D eigenvalue weighted by Crippen LogP contribution is 2.29. The fourth-order valence-corrected chi connectivity index (χ4v) is 3.22. The van der Waals surface area contributed by atoms with Gasteiger partial charge < -0.3 is 14.8 Å². The highest BCUT2D eigenvalue weighted by atomic mass is 32.1. The molecule has 2 aromatic heterocycles. The fraction of sp³-hybridized carbons (Fsp3) is 0.211. The van der Waals surface area contributed by atoms with Gasteiger partial charge in [-0.05, 0) is 24.3 Å². The molecule has 0 bridgehead atoms. The van der Waals surface area contributed by atoms with Crippen LogP contribution >= 0.6 is 11.3 Å². The molecule has 26 heavy (non-hydrogen) atoms. The molecule has 0 radical (unpaired) electrons. The van der Waals surface area contributed by atoms with Crippen LogP contribution in [0.3, 0.4) is 0 Å². The van der Waals surface area contributed by atoms with Gasteiger partial charge in [-0.15, -0.1) is 11.3 Å². The average Bonchev–Trinajstić information content (AvgIpc) is 3.16. The number of hydrogen-bond donors (Lipinski definition) is 1. The smallest absolute Gasteiger partial charge is 0.224 e. The lowest BCUT2D eigenvalue weighted by Gasteiger charge is -2.11. The van der Waals surface area contributed by atoms with Crippen LogP contribution in [0.15, 0.2) is 48.1 Å². The molecule has 0 atom stereocenters. The zero-order chi connectivity index (χ0) is 18.4. The molecule has 7 heteroatoms. The molecule has 0 aliphatic heterocycles. The van der Waals surface area contributed by atoms with Gasteiger partial charge in [0.15, 0.2) is 0 Å². The molecular formula is C19H19N3O3S. The summed E-state index contributed by atoms with van der Waals surface area (Å²) in [6.45, 7) is 0. The molecule has 134 valence electrons.